The fourth-order valence-electron chi connectivity index (χ4n) is 2.22. The summed E-state index contributed by atoms with van der Waals surface area (Å²) in [5.41, 5.74) is 3.48. The van der Waals surface area contributed by atoms with Crippen LogP contribution in [0.3, 0.4) is 0 Å². The molecule has 0 saturated heterocycles. The summed E-state index contributed by atoms with van der Waals surface area (Å²) in [5, 5.41) is 3.26. The van der Waals surface area contributed by atoms with Crippen molar-refractivity contribution in [3.63, 3.8) is 0 Å². The van der Waals surface area contributed by atoms with Gasteiger partial charge in [-0.3, -0.25) is 4.21 Å². The van der Waals surface area contributed by atoms with E-state index in [1.54, 1.807) is 18.2 Å². The standard InChI is InChI=1S/C18H19NO4S/c1-13(18(20)23-2)16-5-3-4-6-17(16)19-11-14-7-9-15(10-8-14)12-24(21)22/h3-10,19H,1,11-12H2,2H3,(H,21,22)/p-1. The number of rotatable bonds is 7. The largest absolute Gasteiger partial charge is 0.772 e. The minimum Gasteiger partial charge on any atom is -0.772 e. The molecule has 126 valence electrons. The molecule has 0 radical (unpaired) electrons. The van der Waals surface area contributed by atoms with Gasteiger partial charge in [0.25, 0.3) is 0 Å². The lowest BCUT2D eigenvalue weighted by molar-refractivity contribution is -0.133. The highest BCUT2D eigenvalue weighted by Gasteiger charge is 2.13. The molecule has 1 unspecified atom stereocenters. The Morgan fingerprint density at radius 2 is 1.79 bits per heavy atom. The van der Waals surface area contributed by atoms with Crippen LogP contribution in [-0.4, -0.2) is 21.8 Å². The van der Waals surface area contributed by atoms with E-state index in [1.807, 2.05) is 30.3 Å². The van der Waals surface area contributed by atoms with Crippen molar-refractivity contribution < 1.29 is 18.3 Å². The topological polar surface area (TPSA) is 78.5 Å². The number of nitrogens with one attached hydrogen (secondary N) is 1. The fourth-order valence-corrected chi connectivity index (χ4v) is 2.68. The molecule has 0 bridgehead atoms. The van der Waals surface area contributed by atoms with Crippen LogP contribution in [0.4, 0.5) is 5.69 Å². The van der Waals surface area contributed by atoms with E-state index in [-0.39, 0.29) is 11.3 Å². The van der Waals surface area contributed by atoms with Crippen molar-refractivity contribution in [2.24, 2.45) is 0 Å². The third-order valence-electron chi connectivity index (χ3n) is 3.47. The summed E-state index contributed by atoms with van der Waals surface area (Å²) in [6, 6.07) is 14.7. The number of esters is 1. The number of hydrogen-bond donors (Lipinski definition) is 1. The van der Waals surface area contributed by atoms with Crippen LogP contribution in [0, 0.1) is 0 Å². The average Bonchev–Trinajstić information content (AvgIpc) is 2.59. The molecule has 24 heavy (non-hydrogen) atoms. The van der Waals surface area contributed by atoms with Gasteiger partial charge in [0.15, 0.2) is 0 Å². The molecule has 1 atom stereocenters. The van der Waals surface area contributed by atoms with Crippen LogP contribution in [-0.2, 0) is 32.9 Å². The van der Waals surface area contributed by atoms with Crippen LogP contribution in [0.2, 0.25) is 0 Å². The van der Waals surface area contributed by atoms with Gasteiger partial charge in [-0.2, -0.15) is 0 Å². The minimum atomic E-state index is -2.09. The van der Waals surface area contributed by atoms with Gasteiger partial charge in [0.1, 0.15) is 0 Å². The Morgan fingerprint density at radius 1 is 1.17 bits per heavy atom. The Kier molecular flexibility index (Phi) is 6.28. The van der Waals surface area contributed by atoms with Crippen LogP contribution in [0.1, 0.15) is 16.7 Å². The highest BCUT2D eigenvalue weighted by Crippen LogP contribution is 2.24. The van der Waals surface area contributed by atoms with Gasteiger partial charge < -0.3 is 14.6 Å². The number of methoxy groups -OCH3 is 1. The van der Waals surface area contributed by atoms with Gasteiger partial charge in [-0.25, -0.2) is 4.79 Å². The lowest BCUT2D eigenvalue weighted by Gasteiger charge is -2.13. The molecule has 1 N–H and O–H groups in total. The molecule has 0 saturated carbocycles. The van der Waals surface area contributed by atoms with Crippen LogP contribution in [0.25, 0.3) is 5.57 Å². The Hall–Kier alpha value is -2.44. The zero-order chi connectivity index (χ0) is 17.5. The number of ether oxygens (including phenoxy) is 1. The quantitative estimate of drug-likeness (QED) is 0.475. The second kappa shape index (κ2) is 8.42. The molecule has 2 rings (SSSR count). The monoisotopic (exact) mass is 344 g/mol. The molecule has 0 aromatic heterocycles. The number of hydrogen-bond acceptors (Lipinski definition) is 5. The number of carbonyl (C=O) groups excluding carboxylic acids is 1. The van der Waals surface area contributed by atoms with Gasteiger partial charge in [-0.1, -0.05) is 60.1 Å². The maximum atomic E-state index is 11.7. The van der Waals surface area contributed by atoms with Crippen molar-refractivity contribution in [3.05, 3.63) is 71.8 Å². The van der Waals surface area contributed by atoms with Crippen LogP contribution < -0.4 is 5.32 Å². The van der Waals surface area contributed by atoms with Crippen molar-refractivity contribution in [1.82, 2.24) is 0 Å². The molecule has 0 fully saturated rings. The molecule has 0 aliphatic heterocycles. The summed E-state index contributed by atoms with van der Waals surface area (Å²) in [6.45, 7) is 4.31. The molecule has 2 aromatic rings. The summed E-state index contributed by atoms with van der Waals surface area (Å²) in [7, 11) is 1.32. The average molecular weight is 344 g/mol. The molecule has 2 aromatic carbocycles. The predicted octanol–water partition coefficient (Wildman–Crippen LogP) is 2.86. The van der Waals surface area contributed by atoms with E-state index < -0.39 is 17.0 Å². The van der Waals surface area contributed by atoms with Gasteiger partial charge in [0.2, 0.25) is 0 Å². The Bertz CT molecular complexity index is 756. The van der Waals surface area contributed by atoms with E-state index in [4.69, 9.17) is 4.74 Å². The van der Waals surface area contributed by atoms with Crippen molar-refractivity contribution in [2.45, 2.75) is 12.3 Å². The maximum absolute atomic E-state index is 11.7. The lowest BCUT2D eigenvalue weighted by Crippen LogP contribution is -2.07. The Morgan fingerprint density at radius 3 is 2.42 bits per heavy atom. The van der Waals surface area contributed by atoms with E-state index >= 15 is 0 Å². The van der Waals surface area contributed by atoms with Gasteiger partial charge in [0, 0.05) is 23.5 Å². The SMILES string of the molecule is C=C(C(=O)OC)c1ccccc1NCc1ccc(CS(=O)[O-])cc1. The number of benzene rings is 2. The first-order valence-corrected chi connectivity index (χ1v) is 8.50. The van der Waals surface area contributed by atoms with Gasteiger partial charge in [0.05, 0.1) is 12.7 Å². The highest BCUT2D eigenvalue weighted by atomic mass is 32.2. The first kappa shape index (κ1) is 17.9. The van der Waals surface area contributed by atoms with Crippen LogP contribution in [0.15, 0.2) is 55.1 Å². The van der Waals surface area contributed by atoms with Gasteiger partial charge in [-0.15, -0.1) is 0 Å². The fraction of sp³-hybridized carbons (Fsp3) is 0.167. The van der Waals surface area contributed by atoms with Crippen molar-refractivity contribution in [3.8, 4) is 0 Å². The molecule has 0 aliphatic rings. The van der Waals surface area contributed by atoms with E-state index in [2.05, 4.69) is 11.9 Å². The number of anilines is 1. The summed E-state index contributed by atoms with van der Waals surface area (Å²) >= 11 is -2.09. The van der Waals surface area contributed by atoms with E-state index in [0.29, 0.717) is 12.1 Å². The summed E-state index contributed by atoms with van der Waals surface area (Å²) < 4.78 is 26.1. The minimum absolute atomic E-state index is 0.00942. The smallest absolute Gasteiger partial charge is 0.337 e. The van der Waals surface area contributed by atoms with E-state index in [0.717, 1.165) is 16.8 Å². The van der Waals surface area contributed by atoms with Crippen molar-refractivity contribution >= 4 is 28.3 Å². The Balaban J connectivity index is 2.08. The zero-order valence-corrected chi connectivity index (χ0v) is 14.1. The van der Waals surface area contributed by atoms with Crippen LogP contribution >= 0.6 is 0 Å². The molecule has 0 aliphatic carbocycles. The zero-order valence-electron chi connectivity index (χ0n) is 13.3. The molecule has 5 nitrogen and oxygen atoms in total. The first-order valence-electron chi connectivity index (χ1n) is 7.25. The van der Waals surface area contributed by atoms with Crippen molar-refractivity contribution in [1.29, 1.82) is 0 Å². The maximum Gasteiger partial charge on any atom is 0.337 e. The number of para-hydroxylation sites is 1. The summed E-state index contributed by atoms with van der Waals surface area (Å²) in [6.07, 6.45) is 0. The summed E-state index contributed by atoms with van der Waals surface area (Å²) in [4.78, 5) is 11.7. The summed E-state index contributed by atoms with van der Waals surface area (Å²) in [5.74, 6) is -0.464. The molecule has 6 heteroatoms. The third kappa shape index (κ3) is 4.78. The lowest BCUT2D eigenvalue weighted by atomic mass is 10.0. The van der Waals surface area contributed by atoms with Gasteiger partial charge in [-0.05, 0) is 17.2 Å². The van der Waals surface area contributed by atoms with Gasteiger partial charge >= 0.3 is 5.97 Å². The highest BCUT2D eigenvalue weighted by molar-refractivity contribution is 7.78. The third-order valence-corrected chi connectivity index (χ3v) is 4.04. The van der Waals surface area contributed by atoms with Crippen LogP contribution in [0.5, 0.6) is 0 Å². The second-order valence-corrected chi connectivity index (χ2v) is 6.03. The molecular weight excluding hydrogens is 326 g/mol. The predicted molar refractivity (Wildman–Crippen MR) is 93.9 cm³/mol. The normalized spacial score (nSPS) is 11.6. The molecule has 0 spiro atoms. The van der Waals surface area contributed by atoms with E-state index in [9.17, 15) is 13.6 Å². The molecule has 0 heterocycles. The number of carbonyl (C=O) groups is 1. The molecular formula is C18H18NO4S-. The Labute approximate surface area is 143 Å². The van der Waals surface area contributed by atoms with E-state index in [1.165, 1.54) is 7.11 Å². The second-order valence-electron chi connectivity index (χ2n) is 5.13. The molecule has 0 amide bonds. The first-order chi connectivity index (χ1) is 11.5. The van der Waals surface area contributed by atoms with Crippen molar-refractivity contribution in [2.75, 3.05) is 12.4 Å².